The van der Waals surface area contributed by atoms with Crippen LogP contribution in [0.15, 0.2) is 6.20 Å². The molecule has 1 aromatic rings. The zero-order valence-electron chi connectivity index (χ0n) is 7.57. The highest BCUT2D eigenvalue weighted by molar-refractivity contribution is 5.85. The van der Waals surface area contributed by atoms with E-state index in [2.05, 4.69) is 23.8 Å². The third-order valence-corrected chi connectivity index (χ3v) is 1.46. The number of H-pyrrole nitrogens is 1. The van der Waals surface area contributed by atoms with Crippen LogP contribution in [0.25, 0.3) is 0 Å². The topological polar surface area (TPSA) is 66.0 Å². The number of aromatic amines is 1. The van der Waals surface area contributed by atoms with Crippen molar-refractivity contribution in [2.45, 2.75) is 20.3 Å². The molecule has 0 aliphatic carbocycles. The van der Waals surface area contributed by atoms with Gasteiger partial charge in [0.15, 0.2) is 0 Å². The van der Waals surface area contributed by atoms with E-state index < -0.39 is 5.97 Å². The lowest BCUT2D eigenvalue weighted by atomic mass is 10.1. The summed E-state index contributed by atoms with van der Waals surface area (Å²) in [5, 5.41) is 8.56. The fourth-order valence-corrected chi connectivity index (χ4v) is 0.962. The Balaban J connectivity index is 0.00000144. The Morgan fingerprint density at radius 2 is 2.31 bits per heavy atom. The van der Waals surface area contributed by atoms with Gasteiger partial charge in [-0.2, -0.15) is 0 Å². The Bertz CT molecular complexity index is 283. The molecular formula is C8H13ClN2O2. The normalized spacial score (nSPS) is 9.77. The Hall–Kier alpha value is -1.03. The number of hydrogen-bond donors (Lipinski definition) is 2. The summed E-state index contributed by atoms with van der Waals surface area (Å²) in [5.41, 5.74) is 0.158. The quantitative estimate of drug-likeness (QED) is 0.788. The third kappa shape index (κ3) is 3.46. The van der Waals surface area contributed by atoms with Gasteiger partial charge in [0.1, 0.15) is 11.5 Å². The van der Waals surface area contributed by atoms with Crippen molar-refractivity contribution >= 4 is 18.4 Å². The maximum Gasteiger partial charge on any atom is 0.353 e. The van der Waals surface area contributed by atoms with Gasteiger partial charge in [0.05, 0.1) is 6.20 Å². The van der Waals surface area contributed by atoms with Gasteiger partial charge in [-0.15, -0.1) is 12.4 Å². The number of aromatic nitrogens is 2. The van der Waals surface area contributed by atoms with Crippen molar-refractivity contribution in [3.8, 4) is 0 Å². The number of nitrogens with zero attached hydrogens (tertiary/aromatic N) is 1. The molecule has 0 saturated heterocycles. The number of rotatable bonds is 3. The molecule has 13 heavy (non-hydrogen) atoms. The molecule has 2 N–H and O–H groups in total. The van der Waals surface area contributed by atoms with Crippen molar-refractivity contribution in [2.24, 2.45) is 5.92 Å². The monoisotopic (exact) mass is 204 g/mol. The van der Waals surface area contributed by atoms with Crippen molar-refractivity contribution < 1.29 is 9.90 Å². The van der Waals surface area contributed by atoms with Crippen molar-refractivity contribution in [1.82, 2.24) is 9.97 Å². The fraction of sp³-hybridized carbons (Fsp3) is 0.500. The summed E-state index contributed by atoms with van der Waals surface area (Å²) < 4.78 is 0. The van der Waals surface area contributed by atoms with Crippen LogP contribution in [0.5, 0.6) is 0 Å². The van der Waals surface area contributed by atoms with Gasteiger partial charge >= 0.3 is 5.97 Å². The minimum Gasteiger partial charge on any atom is -0.477 e. The Labute approximate surface area is 82.8 Å². The second-order valence-corrected chi connectivity index (χ2v) is 3.15. The largest absolute Gasteiger partial charge is 0.477 e. The van der Waals surface area contributed by atoms with Gasteiger partial charge < -0.3 is 10.1 Å². The summed E-state index contributed by atoms with van der Waals surface area (Å²) in [6.07, 6.45) is 2.13. The van der Waals surface area contributed by atoms with Crippen LogP contribution in [0.2, 0.25) is 0 Å². The molecule has 0 aliphatic heterocycles. The van der Waals surface area contributed by atoms with E-state index in [-0.39, 0.29) is 18.1 Å². The first-order valence-corrected chi connectivity index (χ1v) is 3.86. The number of carboxylic acid groups (broad SMARTS) is 1. The molecule has 0 fully saturated rings. The number of carboxylic acids is 1. The van der Waals surface area contributed by atoms with E-state index in [0.717, 1.165) is 12.2 Å². The van der Waals surface area contributed by atoms with E-state index >= 15 is 0 Å². The summed E-state index contributed by atoms with van der Waals surface area (Å²) in [6, 6.07) is 0. The molecule has 74 valence electrons. The zero-order chi connectivity index (χ0) is 9.14. The second kappa shape index (κ2) is 4.87. The third-order valence-electron chi connectivity index (χ3n) is 1.46. The number of nitrogens with one attached hydrogen (secondary N) is 1. The highest BCUT2D eigenvalue weighted by atomic mass is 35.5. The lowest BCUT2D eigenvalue weighted by Gasteiger charge is -1.98. The molecule has 4 nitrogen and oxygen atoms in total. The molecule has 1 rings (SSSR count). The van der Waals surface area contributed by atoms with Crippen molar-refractivity contribution in [2.75, 3.05) is 0 Å². The number of carbonyl (C=O) groups is 1. The van der Waals surface area contributed by atoms with Crippen LogP contribution in [-0.2, 0) is 6.42 Å². The van der Waals surface area contributed by atoms with Crippen LogP contribution in [-0.4, -0.2) is 21.0 Å². The molecule has 5 heteroatoms. The molecule has 0 aliphatic rings. The smallest absolute Gasteiger partial charge is 0.353 e. The van der Waals surface area contributed by atoms with E-state index in [1.54, 1.807) is 0 Å². The minimum absolute atomic E-state index is 0. The van der Waals surface area contributed by atoms with E-state index in [1.807, 2.05) is 0 Å². The lowest BCUT2D eigenvalue weighted by Crippen LogP contribution is -1.99. The average molecular weight is 205 g/mol. The highest BCUT2D eigenvalue weighted by Gasteiger charge is 2.07. The molecule has 1 aromatic heterocycles. The maximum absolute atomic E-state index is 10.4. The first-order valence-electron chi connectivity index (χ1n) is 3.86. The number of hydrogen-bond acceptors (Lipinski definition) is 2. The molecule has 0 amide bonds. The first-order chi connectivity index (χ1) is 5.59. The Morgan fingerprint density at radius 3 is 2.69 bits per heavy atom. The Kier molecular flexibility index (Phi) is 4.48. The van der Waals surface area contributed by atoms with Gasteiger partial charge in [-0.25, -0.2) is 9.78 Å². The van der Waals surface area contributed by atoms with Crippen molar-refractivity contribution in [1.29, 1.82) is 0 Å². The summed E-state index contributed by atoms with van der Waals surface area (Å²) in [4.78, 5) is 17.1. The van der Waals surface area contributed by atoms with Crippen LogP contribution in [0, 0.1) is 5.92 Å². The van der Waals surface area contributed by atoms with E-state index in [9.17, 15) is 4.79 Å². The first kappa shape index (κ1) is 12.0. The van der Waals surface area contributed by atoms with Crippen LogP contribution in [0.3, 0.4) is 0 Å². The number of halogens is 1. The summed E-state index contributed by atoms with van der Waals surface area (Å²) in [6.45, 7) is 4.12. The molecule has 0 aromatic carbocycles. The van der Waals surface area contributed by atoms with Crippen LogP contribution in [0.4, 0.5) is 0 Å². The van der Waals surface area contributed by atoms with Gasteiger partial charge in [-0.3, -0.25) is 0 Å². The number of imidazole rings is 1. The summed E-state index contributed by atoms with van der Waals surface area (Å²) in [7, 11) is 0. The zero-order valence-corrected chi connectivity index (χ0v) is 8.39. The van der Waals surface area contributed by atoms with Crippen LogP contribution < -0.4 is 0 Å². The highest BCUT2D eigenvalue weighted by Crippen LogP contribution is 2.04. The standard InChI is InChI=1S/C8H12N2O2.ClH/c1-5(2)3-7-9-4-6(10-7)8(11)12;/h4-5H,3H2,1-2H3,(H,9,10)(H,11,12);1H. The SMILES string of the molecule is CC(C)Cc1ncc(C(=O)O)[nH]1.Cl. The lowest BCUT2D eigenvalue weighted by molar-refractivity contribution is 0.0691. The second-order valence-electron chi connectivity index (χ2n) is 3.15. The van der Waals surface area contributed by atoms with E-state index in [4.69, 9.17) is 5.11 Å². The number of aromatic carboxylic acids is 1. The predicted molar refractivity (Wildman–Crippen MR) is 51.3 cm³/mol. The molecule has 0 saturated carbocycles. The van der Waals surface area contributed by atoms with E-state index in [1.165, 1.54) is 6.20 Å². The maximum atomic E-state index is 10.4. The van der Waals surface area contributed by atoms with Gasteiger partial charge in [-0.05, 0) is 5.92 Å². The van der Waals surface area contributed by atoms with Gasteiger partial charge in [0.2, 0.25) is 0 Å². The average Bonchev–Trinajstić information content (AvgIpc) is 2.34. The van der Waals surface area contributed by atoms with Crippen LogP contribution >= 0.6 is 12.4 Å². The van der Waals surface area contributed by atoms with E-state index in [0.29, 0.717) is 5.92 Å². The molecule has 0 radical (unpaired) electrons. The summed E-state index contributed by atoms with van der Waals surface area (Å²) in [5.74, 6) is 0.262. The minimum atomic E-state index is -0.961. The Morgan fingerprint density at radius 1 is 1.69 bits per heavy atom. The molecule has 0 bridgehead atoms. The van der Waals surface area contributed by atoms with Crippen molar-refractivity contribution in [3.63, 3.8) is 0 Å². The van der Waals surface area contributed by atoms with Gasteiger partial charge in [-0.1, -0.05) is 13.8 Å². The molecule has 0 unspecified atom stereocenters. The van der Waals surface area contributed by atoms with Gasteiger partial charge in [0.25, 0.3) is 0 Å². The fourth-order valence-electron chi connectivity index (χ4n) is 0.962. The molecule has 0 spiro atoms. The predicted octanol–water partition coefficient (Wildman–Crippen LogP) is 1.73. The molecule has 0 atom stereocenters. The van der Waals surface area contributed by atoms with Crippen molar-refractivity contribution in [3.05, 3.63) is 17.7 Å². The molecule has 1 heterocycles. The summed E-state index contributed by atoms with van der Waals surface area (Å²) >= 11 is 0. The van der Waals surface area contributed by atoms with Gasteiger partial charge in [0, 0.05) is 6.42 Å². The van der Waals surface area contributed by atoms with Crippen LogP contribution in [0.1, 0.15) is 30.2 Å². The molecular weight excluding hydrogens is 192 g/mol.